The molecule has 2 atom stereocenters. The van der Waals surface area contributed by atoms with Gasteiger partial charge in [0.05, 0.1) is 5.69 Å². The number of nitrogens with zero attached hydrogens (tertiary/aromatic N) is 3. The van der Waals surface area contributed by atoms with Crippen molar-refractivity contribution in [2.45, 2.75) is 61.7 Å². The Balaban J connectivity index is 1.19. The zero-order chi connectivity index (χ0) is 30.1. The molecule has 1 amide bonds. The van der Waals surface area contributed by atoms with E-state index in [1.165, 1.54) is 10.4 Å². The minimum Gasteiger partial charge on any atom is -0.383 e. The number of halogens is 2. The Morgan fingerprint density at radius 1 is 1.07 bits per heavy atom. The van der Waals surface area contributed by atoms with Crippen molar-refractivity contribution in [3.63, 3.8) is 0 Å². The van der Waals surface area contributed by atoms with Crippen LogP contribution in [-0.2, 0) is 22.2 Å². The molecule has 3 aliphatic heterocycles. The van der Waals surface area contributed by atoms with Gasteiger partial charge in [0.1, 0.15) is 21.9 Å². The Labute approximate surface area is 246 Å². The maximum absolute atomic E-state index is 14.4. The van der Waals surface area contributed by atoms with Crippen LogP contribution in [0, 0.1) is 18.6 Å². The van der Waals surface area contributed by atoms with E-state index in [1.807, 2.05) is 30.3 Å². The van der Waals surface area contributed by atoms with Crippen molar-refractivity contribution in [3.8, 4) is 11.3 Å². The van der Waals surface area contributed by atoms with Crippen molar-refractivity contribution < 1.29 is 31.6 Å². The first-order valence-corrected chi connectivity index (χ1v) is 15.5. The Bertz CT molecular complexity index is 1890. The Morgan fingerprint density at radius 3 is 2.49 bits per heavy atom. The fourth-order valence-electron chi connectivity index (χ4n) is 6.88. The average molecular weight is 607 g/mol. The van der Waals surface area contributed by atoms with Crippen molar-refractivity contribution >= 4 is 27.7 Å². The molecule has 0 saturated carbocycles. The highest BCUT2D eigenvalue weighted by Gasteiger charge is 2.55. The van der Waals surface area contributed by atoms with Crippen LogP contribution in [0.3, 0.4) is 0 Å². The van der Waals surface area contributed by atoms with E-state index < -0.39 is 45.2 Å². The minimum absolute atomic E-state index is 0.0341. The molecule has 2 aromatic carbocycles. The van der Waals surface area contributed by atoms with E-state index in [9.17, 15) is 27.1 Å². The van der Waals surface area contributed by atoms with Crippen LogP contribution in [0.1, 0.15) is 53.1 Å². The van der Waals surface area contributed by atoms with Gasteiger partial charge in [0.25, 0.3) is 5.91 Å². The number of aromatic nitrogens is 2. The molecule has 5 heterocycles. The highest BCUT2D eigenvalue weighted by molar-refractivity contribution is 7.89. The fraction of sp³-hybridized carbons (Fsp3) is 0.290. The fourth-order valence-corrected chi connectivity index (χ4v) is 9.16. The number of anilines is 1. The number of amides is 1. The summed E-state index contributed by atoms with van der Waals surface area (Å²) in [6.45, 7) is 1.86. The Kier molecular flexibility index (Phi) is 6.42. The first-order valence-electron chi connectivity index (χ1n) is 14.0. The predicted molar refractivity (Wildman–Crippen MR) is 153 cm³/mol. The molecule has 4 aromatic rings. The summed E-state index contributed by atoms with van der Waals surface area (Å²) in [6, 6.07) is 13.2. The van der Waals surface area contributed by atoms with Gasteiger partial charge in [0, 0.05) is 47.6 Å². The number of allylic oxidation sites excluding steroid dienone is 1. The lowest BCUT2D eigenvalue weighted by Crippen LogP contribution is -2.52. The molecule has 0 radical (unpaired) electrons. The van der Waals surface area contributed by atoms with Gasteiger partial charge in [-0.15, -0.1) is 0 Å². The van der Waals surface area contributed by atoms with E-state index in [4.69, 9.17) is 4.52 Å². The van der Waals surface area contributed by atoms with Crippen molar-refractivity contribution in [2.75, 3.05) is 5.32 Å². The average Bonchev–Trinajstić information content (AvgIpc) is 3.75. The van der Waals surface area contributed by atoms with E-state index in [0.717, 1.165) is 17.7 Å². The quantitative estimate of drug-likeness (QED) is 0.311. The van der Waals surface area contributed by atoms with Crippen LogP contribution in [0.5, 0.6) is 0 Å². The lowest BCUT2D eigenvalue weighted by Gasteiger charge is -2.42. The molecule has 2 aromatic heterocycles. The van der Waals surface area contributed by atoms with Gasteiger partial charge in [-0.05, 0) is 50.8 Å². The molecule has 9 nitrogen and oxygen atoms in total. The topological polar surface area (TPSA) is 118 Å². The van der Waals surface area contributed by atoms with Gasteiger partial charge in [-0.2, -0.15) is 4.31 Å². The molecule has 2 unspecified atom stereocenters. The maximum Gasteiger partial charge on any atom is 0.272 e. The zero-order valence-electron chi connectivity index (χ0n) is 23.1. The third kappa shape index (κ3) is 4.43. The number of rotatable bonds is 6. The molecule has 2 fully saturated rings. The number of carbonyl (C=O) groups excluding carboxylic acids is 1. The van der Waals surface area contributed by atoms with Crippen LogP contribution in [-0.4, -0.2) is 45.5 Å². The summed E-state index contributed by atoms with van der Waals surface area (Å²) in [4.78, 5) is 13.4. The monoisotopic (exact) mass is 606 g/mol. The summed E-state index contributed by atoms with van der Waals surface area (Å²) in [5, 5.41) is 18.5. The number of piperidine rings is 1. The molecule has 3 aliphatic rings. The van der Waals surface area contributed by atoms with Gasteiger partial charge in [0.2, 0.25) is 10.0 Å². The van der Waals surface area contributed by atoms with Gasteiger partial charge >= 0.3 is 0 Å². The summed E-state index contributed by atoms with van der Waals surface area (Å²) >= 11 is 0. The predicted octanol–water partition coefficient (Wildman–Crippen LogP) is 5.21. The maximum atomic E-state index is 14.4. The summed E-state index contributed by atoms with van der Waals surface area (Å²) in [7, 11) is -4.11. The van der Waals surface area contributed by atoms with E-state index in [-0.39, 0.29) is 41.2 Å². The van der Waals surface area contributed by atoms with Crippen LogP contribution < -0.4 is 5.32 Å². The molecule has 2 saturated heterocycles. The Morgan fingerprint density at radius 2 is 1.79 bits per heavy atom. The van der Waals surface area contributed by atoms with Crippen molar-refractivity contribution in [1.29, 1.82) is 0 Å². The third-order valence-electron chi connectivity index (χ3n) is 8.73. The van der Waals surface area contributed by atoms with Crippen LogP contribution in [0.2, 0.25) is 0 Å². The second-order valence-corrected chi connectivity index (χ2v) is 13.2. The lowest BCUT2D eigenvalue weighted by molar-refractivity contribution is -0.0393. The molecule has 2 bridgehead atoms. The number of nitrogens with one attached hydrogen (secondary N) is 1. The molecular weight excluding hydrogens is 578 g/mol. The number of benzene rings is 2. The molecule has 12 heteroatoms. The molecule has 222 valence electrons. The zero-order valence-corrected chi connectivity index (χ0v) is 23.9. The van der Waals surface area contributed by atoms with E-state index >= 15 is 0 Å². The normalized spacial score (nSPS) is 23.1. The number of sulfonamides is 1. The minimum atomic E-state index is -4.11. The van der Waals surface area contributed by atoms with E-state index in [1.54, 1.807) is 29.7 Å². The van der Waals surface area contributed by atoms with E-state index in [2.05, 4.69) is 10.5 Å². The second kappa shape index (κ2) is 9.97. The van der Waals surface area contributed by atoms with Crippen molar-refractivity contribution in [2.24, 2.45) is 0 Å². The Hall–Kier alpha value is -4.13. The molecule has 0 aliphatic carbocycles. The number of fused-ring (bicyclic) bond motifs is 3. The molecule has 2 N–H and O–H groups in total. The van der Waals surface area contributed by atoms with Crippen LogP contribution in [0.4, 0.5) is 14.5 Å². The number of hydrogen-bond donors (Lipinski definition) is 2. The number of hydrogen-bond acceptors (Lipinski definition) is 6. The molecule has 0 spiro atoms. The number of carbonyl (C=O) groups is 1. The number of aliphatic hydroxyl groups is 1. The lowest BCUT2D eigenvalue weighted by atomic mass is 9.84. The van der Waals surface area contributed by atoms with Gasteiger partial charge in [-0.1, -0.05) is 41.6 Å². The first-order chi connectivity index (χ1) is 20.6. The van der Waals surface area contributed by atoms with Crippen LogP contribution >= 0.6 is 0 Å². The van der Waals surface area contributed by atoms with Gasteiger partial charge in [-0.3, -0.25) is 4.79 Å². The molecule has 43 heavy (non-hydrogen) atoms. The third-order valence-corrected chi connectivity index (χ3v) is 10.9. The first kappa shape index (κ1) is 27.7. The largest absolute Gasteiger partial charge is 0.383 e. The second-order valence-electron chi connectivity index (χ2n) is 11.4. The van der Waals surface area contributed by atoms with Crippen LogP contribution in [0.15, 0.2) is 70.1 Å². The summed E-state index contributed by atoms with van der Waals surface area (Å²) in [6.07, 6.45) is 4.89. The highest BCUT2D eigenvalue weighted by Crippen LogP contribution is 2.49. The van der Waals surface area contributed by atoms with Gasteiger partial charge < -0.3 is 19.5 Å². The van der Waals surface area contributed by atoms with Crippen LogP contribution in [0.25, 0.3) is 17.4 Å². The van der Waals surface area contributed by atoms with Crippen molar-refractivity contribution in [1.82, 2.24) is 14.0 Å². The summed E-state index contributed by atoms with van der Waals surface area (Å²) in [5.74, 6) is -2.26. The summed E-state index contributed by atoms with van der Waals surface area (Å²) < 4.78 is 64.6. The molecular formula is C31H28F2N4O5S. The smallest absolute Gasteiger partial charge is 0.272 e. The van der Waals surface area contributed by atoms with Gasteiger partial charge in [-0.25, -0.2) is 17.2 Å². The highest BCUT2D eigenvalue weighted by atomic mass is 32.2. The van der Waals surface area contributed by atoms with Crippen molar-refractivity contribution in [3.05, 3.63) is 95.0 Å². The summed E-state index contributed by atoms with van der Waals surface area (Å²) in [5.41, 5.74) is 0.664. The standard InChI is InChI=1S/C31H28F2N4O5S/c1-18-28(30(38)34-20-9-12-23(32)24(33)14-20)36-13-5-8-25(36)29(18)43(40,41)37-21-10-11-22(37)17-31(39,16-21)27-15-26(42-35-27)19-6-3-2-4-7-19/h2-9,12,14-15,21-22,39H,10-11,13,16-17H2,1H3,(H,34,38). The SMILES string of the molecule is Cc1c(S(=O)(=O)N2C3CCC2CC(O)(c2cc(-c4ccccc4)on2)C3)c2n(c1C(=O)Nc1ccc(F)c(F)c1)CC=C2. The van der Waals surface area contributed by atoms with E-state index in [0.29, 0.717) is 30.0 Å². The molecule has 7 rings (SSSR count). The van der Waals surface area contributed by atoms with Gasteiger partial charge in [0.15, 0.2) is 17.4 Å².